The first-order chi connectivity index (χ1) is 6.75. The number of halogens is 1. The fourth-order valence-electron chi connectivity index (χ4n) is 1.76. The molecule has 1 aliphatic heterocycles. The first kappa shape index (κ1) is 9.99. The molecule has 1 atom stereocenters. The molecule has 14 heavy (non-hydrogen) atoms. The van der Waals surface area contributed by atoms with Gasteiger partial charge in [-0.15, -0.1) is 0 Å². The summed E-state index contributed by atoms with van der Waals surface area (Å²) in [6, 6.07) is 2.00. The lowest BCUT2D eigenvalue weighted by molar-refractivity contribution is 0.505. The Morgan fingerprint density at radius 1 is 1.64 bits per heavy atom. The van der Waals surface area contributed by atoms with Gasteiger partial charge in [0.05, 0.1) is 6.26 Å². The summed E-state index contributed by atoms with van der Waals surface area (Å²) in [6.07, 6.45) is 5.16. The Morgan fingerprint density at radius 3 is 3.14 bits per heavy atom. The SMILES string of the molecule is CC1CNCC/C1=C\c1coc(Br)c1. The van der Waals surface area contributed by atoms with Gasteiger partial charge in [-0.25, -0.2) is 0 Å². The molecule has 0 saturated carbocycles. The molecule has 0 spiro atoms. The summed E-state index contributed by atoms with van der Waals surface area (Å²) in [6.45, 7) is 4.44. The van der Waals surface area contributed by atoms with E-state index in [0.717, 1.165) is 29.7 Å². The van der Waals surface area contributed by atoms with Crippen molar-refractivity contribution >= 4 is 22.0 Å². The third kappa shape index (κ3) is 2.28. The molecule has 1 N–H and O–H groups in total. The van der Waals surface area contributed by atoms with Crippen LogP contribution < -0.4 is 5.32 Å². The number of piperidine rings is 1. The standard InChI is InChI=1S/C11H14BrNO/c1-8-6-13-3-2-10(8)4-9-5-11(12)14-7-9/h4-5,7-8,13H,2-3,6H2,1H3/b10-4+. The molecule has 0 bridgehead atoms. The van der Waals surface area contributed by atoms with Crippen molar-refractivity contribution in [2.45, 2.75) is 13.3 Å². The molecule has 0 amide bonds. The molecule has 76 valence electrons. The van der Waals surface area contributed by atoms with Gasteiger partial charge in [-0.1, -0.05) is 18.6 Å². The molecule has 0 aromatic carbocycles. The number of hydrogen-bond donors (Lipinski definition) is 1. The Hall–Kier alpha value is -0.540. The molecular weight excluding hydrogens is 242 g/mol. The maximum atomic E-state index is 5.20. The second-order valence-electron chi connectivity index (χ2n) is 3.76. The van der Waals surface area contributed by atoms with Crippen molar-refractivity contribution in [3.63, 3.8) is 0 Å². The van der Waals surface area contributed by atoms with E-state index < -0.39 is 0 Å². The minimum Gasteiger partial charge on any atom is -0.457 e. The van der Waals surface area contributed by atoms with Crippen LogP contribution in [0.1, 0.15) is 18.9 Å². The average Bonchev–Trinajstić information content (AvgIpc) is 2.56. The van der Waals surface area contributed by atoms with Crippen LogP contribution in [0, 0.1) is 5.92 Å². The minimum atomic E-state index is 0.637. The van der Waals surface area contributed by atoms with Crippen LogP contribution in [-0.4, -0.2) is 13.1 Å². The lowest BCUT2D eigenvalue weighted by Gasteiger charge is -2.22. The summed E-state index contributed by atoms with van der Waals surface area (Å²) >= 11 is 3.30. The van der Waals surface area contributed by atoms with Crippen LogP contribution in [-0.2, 0) is 0 Å². The lowest BCUT2D eigenvalue weighted by atomic mass is 9.93. The molecule has 1 aromatic rings. The first-order valence-corrected chi connectivity index (χ1v) is 5.70. The number of hydrogen-bond acceptors (Lipinski definition) is 2. The van der Waals surface area contributed by atoms with Crippen molar-refractivity contribution in [2.75, 3.05) is 13.1 Å². The van der Waals surface area contributed by atoms with E-state index >= 15 is 0 Å². The molecule has 3 heteroatoms. The predicted octanol–water partition coefficient (Wildman–Crippen LogP) is 3.05. The molecule has 1 fully saturated rings. The molecule has 2 nitrogen and oxygen atoms in total. The Labute approximate surface area is 92.5 Å². The number of furan rings is 1. The largest absolute Gasteiger partial charge is 0.457 e. The van der Waals surface area contributed by atoms with Crippen LogP contribution >= 0.6 is 15.9 Å². The summed E-state index contributed by atoms with van der Waals surface area (Å²) in [5, 5.41) is 3.38. The molecule has 1 aliphatic rings. The van der Waals surface area contributed by atoms with E-state index in [1.165, 1.54) is 5.57 Å². The van der Waals surface area contributed by atoms with Crippen molar-refractivity contribution in [1.82, 2.24) is 5.32 Å². The minimum absolute atomic E-state index is 0.637. The van der Waals surface area contributed by atoms with Crippen molar-refractivity contribution in [2.24, 2.45) is 5.92 Å². The quantitative estimate of drug-likeness (QED) is 0.835. The fraction of sp³-hybridized carbons (Fsp3) is 0.455. The molecule has 0 aliphatic carbocycles. The highest BCUT2D eigenvalue weighted by molar-refractivity contribution is 9.10. The van der Waals surface area contributed by atoms with E-state index in [1.54, 1.807) is 6.26 Å². The Morgan fingerprint density at radius 2 is 2.50 bits per heavy atom. The number of nitrogens with one attached hydrogen (secondary N) is 1. The van der Waals surface area contributed by atoms with Gasteiger partial charge in [-0.2, -0.15) is 0 Å². The Kier molecular flexibility index (Phi) is 3.08. The van der Waals surface area contributed by atoms with Gasteiger partial charge in [0.15, 0.2) is 4.67 Å². The average molecular weight is 256 g/mol. The highest BCUT2D eigenvalue weighted by Gasteiger charge is 2.13. The van der Waals surface area contributed by atoms with E-state index in [9.17, 15) is 0 Å². The van der Waals surface area contributed by atoms with Crippen LogP contribution in [0.15, 0.2) is 27.0 Å². The third-order valence-electron chi connectivity index (χ3n) is 2.61. The monoisotopic (exact) mass is 255 g/mol. The third-order valence-corrected chi connectivity index (χ3v) is 3.03. The fourth-order valence-corrected chi connectivity index (χ4v) is 2.11. The zero-order valence-electron chi connectivity index (χ0n) is 8.22. The zero-order valence-corrected chi connectivity index (χ0v) is 9.80. The van der Waals surface area contributed by atoms with Crippen LogP contribution in [0.25, 0.3) is 6.08 Å². The smallest absolute Gasteiger partial charge is 0.169 e. The number of rotatable bonds is 1. The van der Waals surface area contributed by atoms with E-state index in [4.69, 9.17) is 4.42 Å². The maximum absolute atomic E-state index is 5.20. The summed E-state index contributed by atoms with van der Waals surface area (Å²) in [5.74, 6) is 0.637. The van der Waals surface area contributed by atoms with E-state index in [2.05, 4.69) is 34.2 Å². The van der Waals surface area contributed by atoms with Crippen LogP contribution in [0.4, 0.5) is 0 Å². The van der Waals surface area contributed by atoms with Gasteiger partial charge < -0.3 is 9.73 Å². The van der Waals surface area contributed by atoms with Gasteiger partial charge in [-0.05, 0) is 40.9 Å². The van der Waals surface area contributed by atoms with E-state index in [-0.39, 0.29) is 0 Å². The van der Waals surface area contributed by atoms with E-state index in [0.29, 0.717) is 5.92 Å². The van der Waals surface area contributed by atoms with E-state index in [1.807, 2.05) is 6.07 Å². The second-order valence-corrected chi connectivity index (χ2v) is 4.54. The molecule has 2 heterocycles. The molecule has 1 aromatic heterocycles. The van der Waals surface area contributed by atoms with Crippen molar-refractivity contribution < 1.29 is 4.42 Å². The van der Waals surface area contributed by atoms with Crippen LogP contribution in [0.5, 0.6) is 0 Å². The van der Waals surface area contributed by atoms with Crippen molar-refractivity contribution in [1.29, 1.82) is 0 Å². The predicted molar refractivity (Wildman–Crippen MR) is 61.0 cm³/mol. The van der Waals surface area contributed by atoms with Gasteiger partial charge in [0, 0.05) is 12.1 Å². The van der Waals surface area contributed by atoms with Gasteiger partial charge in [0.25, 0.3) is 0 Å². The van der Waals surface area contributed by atoms with Gasteiger partial charge in [-0.3, -0.25) is 0 Å². The topological polar surface area (TPSA) is 25.2 Å². The molecular formula is C11H14BrNO. The molecule has 0 radical (unpaired) electrons. The second kappa shape index (κ2) is 4.32. The van der Waals surface area contributed by atoms with Crippen molar-refractivity contribution in [3.8, 4) is 0 Å². The molecule has 1 saturated heterocycles. The first-order valence-electron chi connectivity index (χ1n) is 4.91. The normalized spacial score (nSPS) is 25.6. The van der Waals surface area contributed by atoms with Gasteiger partial charge in [0.2, 0.25) is 0 Å². The summed E-state index contributed by atoms with van der Waals surface area (Å²) in [7, 11) is 0. The maximum Gasteiger partial charge on any atom is 0.169 e. The molecule has 2 rings (SSSR count). The summed E-state index contributed by atoms with van der Waals surface area (Å²) in [5.41, 5.74) is 2.66. The van der Waals surface area contributed by atoms with Crippen LogP contribution in [0.2, 0.25) is 0 Å². The zero-order chi connectivity index (χ0) is 9.97. The highest BCUT2D eigenvalue weighted by atomic mass is 79.9. The molecule has 1 unspecified atom stereocenters. The highest BCUT2D eigenvalue weighted by Crippen LogP contribution is 2.23. The van der Waals surface area contributed by atoms with Crippen molar-refractivity contribution in [3.05, 3.63) is 28.1 Å². The Bertz CT molecular complexity index is 343. The Balaban J connectivity index is 2.16. The summed E-state index contributed by atoms with van der Waals surface area (Å²) < 4.78 is 5.99. The van der Waals surface area contributed by atoms with Gasteiger partial charge >= 0.3 is 0 Å². The van der Waals surface area contributed by atoms with Gasteiger partial charge in [0.1, 0.15) is 0 Å². The summed E-state index contributed by atoms with van der Waals surface area (Å²) in [4.78, 5) is 0. The van der Waals surface area contributed by atoms with Crippen LogP contribution in [0.3, 0.4) is 0 Å². The lowest BCUT2D eigenvalue weighted by Crippen LogP contribution is -2.29.